The number of carbonyl (C=O) groups is 1. The monoisotopic (exact) mass is 488 g/mol. The highest BCUT2D eigenvalue weighted by atomic mass is 127. The van der Waals surface area contributed by atoms with E-state index in [4.69, 9.17) is 4.74 Å². The van der Waals surface area contributed by atoms with Gasteiger partial charge in [0.05, 0.1) is 18.7 Å². The molecule has 148 valence electrons. The summed E-state index contributed by atoms with van der Waals surface area (Å²) < 4.78 is 42.4. The van der Waals surface area contributed by atoms with Crippen LogP contribution < -0.4 is 16.0 Å². The highest BCUT2D eigenvalue weighted by Gasteiger charge is 2.30. The summed E-state index contributed by atoms with van der Waals surface area (Å²) >= 11 is 0. The summed E-state index contributed by atoms with van der Waals surface area (Å²) in [4.78, 5) is 16.2. The van der Waals surface area contributed by atoms with E-state index in [1.165, 1.54) is 0 Å². The minimum absolute atomic E-state index is 0. The van der Waals surface area contributed by atoms with Crippen molar-refractivity contribution >= 4 is 35.8 Å². The first-order valence-corrected chi connectivity index (χ1v) is 7.85. The van der Waals surface area contributed by atoms with E-state index in [1.807, 2.05) is 6.92 Å². The lowest BCUT2D eigenvalue weighted by Gasteiger charge is -2.12. The Kier molecular flexibility index (Phi) is 12.0. The number of rotatable bonds is 8. The Labute approximate surface area is 168 Å². The zero-order chi connectivity index (χ0) is 18.7. The van der Waals surface area contributed by atoms with Crippen molar-refractivity contribution in [2.75, 3.05) is 39.9 Å². The standard InChI is InChI=1S/C16H23F3N4O2.HI/c1-3-20-15(23-10-11-25-2)22-9-8-21-14(24)12-4-6-13(7-5-12)16(17,18)19;/h4-7H,3,8-11H2,1-2H3,(H,21,24)(H2,20,22,23);1H. The molecule has 1 amide bonds. The number of hydrogen-bond acceptors (Lipinski definition) is 3. The van der Waals surface area contributed by atoms with Gasteiger partial charge in [-0.15, -0.1) is 24.0 Å². The van der Waals surface area contributed by atoms with Crippen molar-refractivity contribution in [2.24, 2.45) is 4.99 Å². The van der Waals surface area contributed by atoms with Crippen LogP contribution in [0.3, 0.4) is 0 Å². The number of nitrogens with zero attached hydrogens (tertiary/aromatic N) is 1. The van der Waals surface area contributed by atoms with Crippen LogP contribution in [0.5, 0.6) is 0 Å². The lowest BCUT2D eigenvalue weighted by Crippen LogP contribution is -2.41. The highest BCUT2D eigenvalue weighted by molar-refractivity contribution is 14.0. The third kappa shape index (κ3) is 9.22. The molecule has 1 aromatic carbocycles. The lowest BCUT2D eigenvalue weighted by atomic mass is 10.1. The second-order valence-electron chi connectivity index (χ2n) is 5.01. The molecule has 0 saturated carbocycles. The van der Waals surface area contributed by atoms with E-state index in [1.54, 1.807) is 7.11 Å². The fourth-order valence-corrected chi connectivity index (χ4v) is 1.86. The second kappa shape index (κ2) is 12.7. The zero-order valence-electron chi connectivity index (χ0n) is 14.7. The van der Waals surface area contributed by atoms with Crippen LogP contribution in [0.15, 0.2) is 29.3 Å². The van der Waals surface area contributed by atoms with Crippen molar-refractivity contribution < 1.29 is 22.7 Å². The van der Waals surface area contributed by atoms with Gasteiger partial charge in [-0.2, -0.15) is 13.2 Å². The smallest absolute Gasteiger partial charge is 0.383 e. The molecule has 0 spiro atoms. The number of ether oxygens (including phenoxy) is 1. The van der Waals surface area contributed by atoms with Gasteiger partial charge in [-0.25, -0.2) is 0 Å². The third-order valence-electron chi connectivity index (χ3n) is 3.09. The van der Waals surface area contributed by atoms with Gasteiger partial charge in [0.2, 0.25) is 0 Å². The molecule has 1 aromatic rings. The molecule has 10 heteroatoms. The summed E-state index contributed by atoms with van der Waals surface area (Å²) in [7, 11) is 1.59. The van der Waals surface area contributed by atoms with Gasteiger partial charge in [-0.05, 0) is 31.2 Å². The van der Waals surface area contributed by atoms with Crippen molar-refractivity contribution in [3.8, 4) is 0 Å². The maximum absolute atomic E-state index is 12.5. The van der Waals surface area contributed by atoms with Crippen LogP contribution in [0, 0.1) is 0 Å². The van der Waals surface area contributed by atoms with Gasteiger partial charge in [0.1, 0.15) is 0 Å². The minimum Gasteiger partial charge on any atom is -0.383 e. The van der Waals surface area contributed by atoms with E-state index in [-0.39, 0.29) is 29.5 Å². The summed E-state index contributed by atoms with van der Waals surface area (Å²) in [6.07, 6.45) is -4.41. The van der Waals surface area contributed by atoms with E-state index in [0.717, 1.165) is 24.3 Å². The highest BCUT2D eigenvalue weighted by Crippen LogP contribution is 2.28. The minimum atomic E-state index is -4.41. The summed E-state index contributed by atoms with van der Waals surface area (Å²) in [6, 6.07) is 4.08. The Morgan fingerprint density at radius 3 is 2.27 bits per heavy atom. The van der Waals surface area contributed by atoms with Crippen LogP contribution in [0.1, 0.15) is 22.8 Å². The number of hydrogen-bond donors (Lipinski definition) is 3. The molecule has 0 unspecified atom stereocenters. The van der Waals surface area contributed by atoms with Crippen molar-refractivity contribution in [3.05, 3.63) is 35.4 Å². The Bertz CT molecular complexity index is 566. The first-order valence-electron chi connectivity index (χ1n) is 7.85. The molecule has 0 heterocycles. The summed E-state index contributed by atoms with van der Waals surface area (Å²) in [5.74, 6) is 0.167. The van der Waals surface area contributed by atoms with Crippen LogP contribution in [-0.4, -0.2) is 51.8 Å². The maximum Gasteiger partial charge on any atom is 0.416 e. The quantitative estimate of drug-likeness (QED) is 0.227. The van der Waals surface area contributed by atoms with E-state index in [9.17, 15) is 18.0 Å². The average Bonchev–Trinajstić information content (AvgIpc) is 2.58. The first kappa shape index (κ1) is 24.4. The van der Waals surface area contributed by atoms with Gasteiger partial charge in [-0.3, -0.25) is 9.79 Å². The maximum atomic E-state index is 12.5. The lowest BCUT2D eigenvalue weighted by molar-refractivity contribution is -0.137. The fraction of sp³-hybridized carbons (Fsp3) is 0.500. The number of nitrogens with one attached hydrogen (secondary N) is 3. The average molecular weight is 488 g/mol. The number of halogens is 4. The predicted molar refractivity (Wildman–Crippen MR) is 105 cm³/mol. The predicted octanol–water partition coefficient (Wildman–Crippen LogP) is 2.25. The molecule has 0 atom stereocenters. The molecule has 0 radical (unpaired) electrons. The third-order valence-corrected chi connectivity index (χ3v) is 3.09. The van der Waals surface area contributed by atoms with Gasteiger partial charge in [0.25, 0.3) is 5.91 Å². The summed E-state index contributed by atoms with van der Waals surface area (Å²) in [5.41, 5.74) is -0.609. The number of alkyl halides is 3. The van der Waals surface area contributed by atoms with Crippen molar-refractivity contribution in [1.29, 1.82) is 0 Å². The molecule has 3 N–H and O–H groups in total. The number of methoxy groups -OCH3 is 1. The second-order valence-corrected chi connectivity index (χ2v) is 5.01. The molecular formula is C16H24F3IN4O2. The molecule has 0 aliphatic carbocycles. The fourth-order valence-electron chi connectivity index (χ4n) is 1.86. The van der Waals surface area contributed by atoms with Gasteiger partial charge in [-0.1, -0.05) is 0 Å². The number of aliphatic imine (C=N–C) groups is 1. The number of amides is 1. The Hall–Kier alpha value is -1.56. The van der Waals surface area contributed by atoms with E-state index >= 15 is 0 Å². The van der Waals surface area contributed by atoms with E-state index in [0.29, 0.717) is 38.7 Å². The topological polar surface area (TPSA) is 74.8 Å². The molecule has 0 aliphatic heterocycles. The Morgan fingerprint density at radius 2 is 1.73 bits per heavy atom. The van der Waals surface area contributed by atoms with Crippen LogP contribution in [-0.2, 0) is 10.9 Å². The molecule has 26 heavy (non-hydrogen) atoms. The summed E-state index contributed by atoms with van der Waals surface area (Å²) in [5, 5.41) is 8.71. The van der Waals surface area contributed by atoms with E-state index in [2.05, 4.69) is 20.9 Å². The molecule has 6 nitrogen and oxygen atoms in total. The van der Waals surface area contributed by atoms with Crippen LogP contribution in [0.2, 0.25) is 0 Å². The Morgan fingerprint density at radius 1 is 1.12 bits per heavy atom. The largest absolute Gasteiger partial charge is 0.416 e. The molecule has 0 saturated heterocycles. The van der Waals surface area contributed by atoms with Gasteiger partial charge < -0.3 is 20.7 Å². The van der Waals surface area contributed by atoms with Crippen molar-refractivity contribution in [3.63, 3.8) is 0 Å². The van der Waals surface area contributed by atoms with E-state index < -0.39 is 17.6 Å². The van der Waals surface area contributed by atoms with Gasteiger partial charge in [0, 0.05) is 32.3 Å². The SMILES string of the molecule is CCNC(=NCCOC)NCCNC(=O)c1ccc(C(F)(F)F)cc1.I. The molecule has 0 aromatic heterocycles. The number of benzene rings is 1. The van der Waals surface area contributed by atoms with Crippen LogP contribution >= 0.6 is 24.0 Å². The summed E-state index contributed by atoms with van der Waals surface area (Å²) in [6.45, 7) is 4.35. The molecule has 0 fully saturated rings. The molecule has 0 bridgehead atoms. The molecule has 1 rings (SSSR count). The van der Waals surface area contributed by atoms with Crippen LogP contribution in [0.4, 0.5) is 13.2 Å². The van der Waals surface area contributed by atoms with Crippen molar-refractivity contribution in [2.45, 2.75) is 13.1 Å². The zero-order valence-corrected chi connectivity index (χ0v) is 17.0. The molecular weight excluding hydrogens is 464 g/mol. The molecule has 0 aliphatic rings. The number of guanidine groups is 1. The number of carbonyl (C=O) groups excluding carboxylic acids is 1. The van der Waals surface area contributed by atoms with Gasteiger partial charge >= 0.3 is 6.18 Å². The van der Waals surface area contributed by atoms with Gasteiger partial charge in [0.15, 0.2) is 5.96 Å². The normalized spacial score (nSPS) is 11.5. The Balaban J connectivity index is 0.00000625. The van der Waals surface area contributed by atoms with Crippen LogP contribution in [0.25, 0.3) is 0 Å². The first-order chi connectivity index (χ1) is 11.9. The van der Waals surface area contributed by atoms with Crippen molar-refractivity contribution in [1.82, 2.24) is 16.0 Å².